The predicted molar refractivity (Wildman–Crippen MR) is 75.3 cm³/mol. The zero-order valence-corrected chi connectivity index (χ0v) is 11.6. The van der Waals surface area contributed by atoms with Gasteiger partial charge in [-0.25, -0.2) is 0 Å². The van der Waals surface area contributed by atoms with E-state index < -0.39 is 17.4 Å². The van der Waals surface area contributed by atoms with Crippen LogP contribution >= 0.6 is 0 Å². The molecule has 6 nitrogen and oxygen atoms in total. The zero-order valence-electron chi connectivity index (χ0n) is 11.6. The second-order valence-corrected chi connectivity index (χ2v) is 5.57. The molecule has 0 bridgehead atoms. The third kappa shape index (κ3) is 3.65. The van der Waals surface area contributed by atoms with Gasteiger partial charge in [0.25, 0.3) is 5.91 Å². The van der Waals surface area contributed by atoms with Gasteiger partial charge in [-0.3, -0.25) is 9.59 Å². The molecule has 0 heterocycles. The number of nitrogens with one attached hydrogen (secondary N) is 1. The number of hydrogen-bond acceptors (Lipinski definition) is 4. The molecule has 0 spiro atoms. The number of carbonyl (C=O) groups excluding carboxylic acids is 1. The molecule has 114 valence electrons. The SMILES string of the molecule is O=C(O)CC1(NC(=O)c2ccc(O)cc2O)CCCCC1. The van der Waals surface area contributed by atoms with Gasteiger partial charge in [-0.2, -0.15) is 0 Å². The van der Waals surface area contributed by atoms with Gasteiger partial charge < -0.3 is 20.6 Å². The monoisotopic (exact) mass is 293 g/mol. The van der Waals surface area contributed by atoms with Gasteiger partial charge in [0.1, 0.15) is 11.5 Å². The maximum atomic E-state index is 12.3. The van der Waals surface area contributed by atoms with Gasteiger partial charge in [0.05, 0.1) is 17.5 Å². The topological polar surface area (TPSA) is 107 Å². The molecular weight excluding hydrogens is 274 g/mol. The molecule has 0 atom stereocenters. The zero-order chi connectivity index (χ0) is 15.5. The van der Waals surface area contributed by atoms with E-state index in [1.807, 2.05) is 0 Å². The molecule has 0 aromatic heterocycles. The number of carbonyl (C=O) groups is 2. The van der Waals surface area contributed by atoms with Crippen LogP contribution in [0, 0.1) is 0 Å². The van der Waals surface area contributed by atoms with Gasteiger partial charge in [-0.15, -0.1) is 0 Å². The Morgan fingerprint density at radius 1 is 1.14 bits per heavy atom. The van der Waals surface area contributed by atoms with E-state index in [1.54, 1.807) is 0 Å². The van der Waals surface area contributed by atoms with Crippen molar-refractivity contribution in [1.29, 1.82) is 0 Å². The molecule has 21 heavy (non-hydrogen) atoms. The lowest BCUT2D eigenvalue weighted by atomic mass is 9.79. The van der Waals surface area contributed by atoms with Crippen LogP contribution in [0.1, 0.15) is 48.9 Å². The summed E-state index contributed by atoms with van der Waals surface area (Å²) in [4.78, 5) is 23.4. The van der Waals surface area contributed by atoms with Crippen molar-refractivity contribution in [3.05, 3.63) is 23.8 Å². The summed E-state index contributed by atoms with van der Waals surface area (Å²) in [5.41, 5.74) is -0.728. The molecule has 1 aliphatic carbocycles. The minimum atomic E-state index is -0.952. The largest absolute Gasteiger partial charge is 0.508 e. The molecule has 0 radical (unpaired) electrons. The van der Waals surface area contributed by atoms with E-state index in [0.29, 0.717) is 12.8 Å². The summed E-state index contributed by atoms with van der Waals surface area (Å²) in [6, 6.07) is 3.70. The number of rotatable bonds is 4. The quantitative estimate of drug-likeness (QED) is 0.679. The maximum Gasteiger partial charge on any atom is 0.305 e. The number of phenolic OH excluding ortho intramolecular Hbond substituents is 2. The highest BCUT2D eigenvalue weighted by Crippen LogP contribution is 2.32. The van der Waals surface area contributed by atoms with Crippen LogP contribution in [0.5, 0.6) is 11.5 Å². The number of carboxylic acids is 1. The molecular formula is C15H19NO5. The Morgan fingerprint density at radius 3 is 2.38 bits per heavy atom. The smallest absolute Gasteiger partial charge is 0.305 e. The Labute approximate surface area is 122 Å². The Bertz CT molecular complexity index is 549. The van der Waals surface area contributed by atoms with Gasteiger partial charge in [0, 0.05) is 6.07 Å². The average Bonchev–Trinajstić information content (AvgIpc) is 2.38. The molecule has 6 heteroatoms. The lowest BCUT2D eigenvalue weighted by molar-refractivity contribution is -0.139. The highest BCUT2D eigenvalue weighted by molar-refractivity contribution is 5.97. The fourth-order valence-corrected chi connectivity index (χ4v) is 2.88. The first-order valence-corrected chi connectivity index (χ1v) is 6.98. The molecule has 4 N–H and O–H groups in total. The van der Waals surface area contributed by atoms with E-state index in [4.69, 9.17) is 5.11 Å². The lowest BCUT2D eigenvalue weighted by Crippen LogP contribution is -2.51. The van der Waals surface area contributed by atoms with Crippen LogP contribution in [0.15, 0.2) is 18.2 Å². The van der Waals surface area contributed by atoms with E-state index in [-0.39, 0.29) is 23.5 Å². The Balaban J connectivity index is 2.19. The normalized spacial score (nSPS) is 17.1. The van der Waals surface area contributed by atoms with Crippen LogP contribution in [-0.4, -0.2) is 32.7 Å². The van der Waals surface area contributed by atoms with Crippen molar-refractivity contribution in [3.8, 4) is 11.5 Å². The number of carboxylic acid groups (broad SMARTS) is 1. The number of amides is 1. The third-order valence-electron chi connectivity index (χ3n) is 3.90. The number of phenols is 2. The summed E-state index contributed by atoms with van der Waals surface area (Å²) in [6.07, 6.45) is 3.87. The van der Waals surface area contributed by atoms with Gasteiger partial charge >= 0.3 is 5.97 Å². The van der Waals surface area contributed by atoms with Crippen molar-refractivity contribution in [2.45, 2.75) is 44.1 Å². The van der Waals surface area contributed by atoms with Crippen LogP contribution in [0.25, 0.3) is 0 Å². The highest BCUT2D eigenvalue weighted by Gasteiger charge is 2.36. The van der Waals surface area contributed by atoms with Gasteiger partial charge in [-0.05, 0) is 25.0 Å². The first-order valence-electron chi connectivity index (χ1n) is 6.98. The second kappa shape index (κ2) is 6.03. The predicted octanol–water partition coefficient (Wildman–Crippen LogP) is 2.01. The van der Waals surface area contributed by atoms with Crippen LogP contribution < -0.4 is 5.32 Å². The molecule has 1 aromatic carbocycles. The molecule has 1 aliphatic rings. The molecule has 1 aromatic rings. The standard InChI is InChI=1S/C15H19NO5/c17-10-4-5-11(12(18)8-10)14(21)16-15(9-13(19)20)6-2-1-3-7-15/h4-5,8,17-18H,1-3,6-7,9H2,(H,16,21)(H,19,20). The minimum absolute atomic E-state index is 0.0307. The number of hydrogen-bond donors (Lipinski definition) is 4. The second-order valence-electron chi connectivity index (χ2n) is 5.57. The Hall–Kier alpha value is -2.24. The molecule has 1 fully saturated rings. The number of benzene rings is 1. The summed E-state index contributed by atoms with van der Waals surface area (Å²) in [5.74, 6) is -1.93. The maximum absolute atomic E-state index is 12.3. The fraction of sp³-hybridized carbons (Fsp3) is 0.467. The van der Waals surface area contributed by atoms with Crippen molar-refractivity contribution >= 4 is 11.9 Å². The van der Waals surface area contributed by atoms with Crippen molar-refractivity contribution in [3.63, 3.8) is 0 Å². The van der Waals surface area contributed by atoms with Gasteiger partial charge in [0.2, 0.25) is 0 Å². The van der Waals surface area contributed by atoms with Gasteiger partial charge in [0.15, 0.2) is 0 Å². The van der Waals surface area contributed by atoms with E-state index in [1.165, 1.54) is 12.1 Å². The summed E-state index contributed by atoms with van der Waals surface area (Å²) >= 11 is 0. The van der Waals surface area contributed by atoms with Crippen LogP contribution in [0.3, 0.4) is 0 Å². The van der Waals surface area contributed by atoms with E-state index >= 15 is 0 Å². The number of aliphatic carboxylic acids is 1. The summed E-state index contributed by atoms with van der Waals surface area (Å²) in [7, 11) is 0. The molecule has 1 saturated carbocycles. The van der Waals surface area contributed by atoms with Crippen molar-refractivity contribution in [2.24, 2.45) is 0 Å². The van der Waals surface area contributed by atoms with Crippen molar-refractivity contribution in [1.82, 2.24) is 5.32 Å². The summed E-state index contributed by atoms with van der Waals surface area (Å²) in [6.45, 7) is 0. The van der Waals surface area contributed by atoms with Gasteiger partial charge in [-0.1, -0.05) is 19.3 Å². The van der Waals surface area contributed by atoms with Crippen LogP contribution in [0.4, 0.5) is 0 Å². The first-order chi connectivity index (χ1) is 9.92. The summed E-state index contributed by atoms with van der Waals surface area (Å²) in [5, 5.41) is 30.8. The molecule has 0 unspecified atom stereocenters. The third-order valence-corrected chi connectivity index (χ3v) is 3.90. The average molecular weight is 293 g/mol. The van der Waals surface area contributed by atoms with E-state index in [9.17, 15) is 19.8 Å². The number of aromatic hydroxyl groups is 2. The Kier molecular flexibility index (Phi) is 4.35. The molecule has 0 saturated heterocycles. The fourth-order valence-electron chi connectivity index (χ4n) is 2.88. The molecule has 1 amide bonds. The van der Waals surface area contributed by atoms with E-state index in [2.05, 4.69) is 5.32 Å². The lowest BCUT2D eigenvalue weighted by Gasteiger charge is -2.37. The van der Waals surface area contributed by atoms with Crippen LogP contribution in [0.2, 0.25) is 0 Å². The van der Waals surface area contributed by atoms with Crippen molar-refractivity contribution in [2.75, 3.05) is 0 Å². The molecule has 0 aliphatic heterocycles. The van der Waals surface area contributed by atoms with Crippen molar-refractivity contribution < 1.29 is 24.9 Å². The highest BCUT2D eigenvalue weighted by atomic mass is 16.4. The van der Waals surface area contributed by atoms with Crippen LogP contribution in [-0.2, 0) is 4.79 Å². The minimum Gasteiger partial charge on any atom is -0.508 e. The first kappa shape index (κ1) is 15.2. The Morgan fingerprint density at radius 2 is 1.81 bits per heavy atom. The molecule has 2 rings (SSSR count). The summed E-state index contributed by atoms with van der Waals surface area (Å²) < 4.78 is 0. The van der Waals surface area contributed by atoms with E-state index in [0.717, 1.165) is 25.3 Å².